The fourth-order valence-corrected chi connectivity index (χ4v) is 2.75. The van der Waals surface area contributed by atoms with Crippen LogP contribution in [0.3, 0.4) is 0 Å². The molecule has 0 saturated heterocycles. The Kier molecular flexibility index (Phi) is 6.97. The van der Waals surface area contributed by atoms with Crippen molar-refractivity contribution in [2.45, 2.75) is 4.90 Å². The van der Waals surface area contributed by atoms with Gasteiger partial charge in [0.25, 0.3) is 5.69 Å². The number of para-hydroxylation sites is 1. The van der Waals surface area contributed by atoms with Crippen molar-refractivity contribution in [1.82, 2.24) is 10.1 Å². The monoisotopic (exact) mass is 374 g/mol. The number of hydrogen-bond donors (Lipinski definition) is 5. The number of nitrogens with two attached hydrogens (primary N) is 2. The third-order valence-corrected chi connectivity index (χ3v) is 3.98. The van der Waals surface area contributed by atoms with E-state index in [9.17, 15) is 14.9 Å². The van der Waals surface area contributed by atoms with Gasteiger partial charge in [0.05, 0.1) is 22.9 Å². The average molecular weight is 374 g/mol. The van der Waals surface area contributed by atoms with E-state index in [1.165, 1.54) is 18.3 Å². The highest BCUT2D eigenvalue weighted by Crippen LogP contribution is 2.21. The number of nitro benzene ring substituents is 1. The van der Waals surface area contributed by atoms with E-state index in [0.717, 1.165) is 11.9 Å². The molecule has 2 aromatic rings. The molecule has 0 spiro atoms. The molecule has 26 heavy (non-hydrogen) atoms. The number of hydrogen-bond acceptors (Lipinski definition) is 8. The van der Waals surface area contributed by atoms with Gasteiger partial charge in [0.2, 0.25) is 5.91 Å². The van der Waals surface area contributed by atoms with Gasteiger partial charge in [-0.05, 0) is 24.1 Å². The van der Waals surface area contributed by atoms with Crippen LogP contribution >= 0.6 is 11.9 Å². The molecule has 0 atom stereocenters. The molecule has 2 rings (SSSR count). The smallest absolute Gasteiger partial charge is 0.270 e. The number of hydrazine groups is 1. The Morgan fingerprint density at radius 1 is 1.23 bits per heavy atom. The third-order valence-electron chi connectivity index (χ3n) is 3.20. The maximum atomic E-state index is 12.1. The quantitative estimate of drug-likeness (QED) is 0.202. The van der Waals surface area contributed by atoms with Crippen molar-refractivity contribution in [3.05, 3.63) is 70.4 Å². The molecule has 0 aliphatic rings. The molecule has 7 N–H and O–H groups in total. The highest BCUT2D eigenvalue weighted by Gasteiger charge is 2.09. The van der Waals surface area contributed by atoms with Gasteiger partial charge in [-0.15, -0.1) is 0 Å². The van der Waals surface area contributed by atoms with E-state index in [1.807, 2.05) is 0 Å². The van der Waals surface area contributed by atoms with Crippen LogP contribution in [0.4, 0.5) is 11.4 Å². The Morgan fingerprint density at radius 3 is 2.73 bits per heavy atom. The largest absolute Gasteiger partial charge is 0.397 e. The maximum Gasteiger partial charge on any atom is 0.270 e. The molecule has 0 radical (unpaired) electrons. The summed E-state index contributed by atoms with van der Waals surface area (Å²) in [4.78, 5) is 23.0. The Morgan fingerprint density at radius 2 is 2.00 bits per heavy atom. The van der Waals surface area contributed by atoms with Gasteiger partial charge in [0.1, 0.15) is 0 Å². The van der Waals surface area contributed by atoms with Crippen LogP contribution in [0, 0.1) is 10.1 Å². The SMILES string of the molecule is NN/C=C(\N)c1ccccc1NC(=O)CNSc1cccc([N+](=O)[O-])c1. The molecule has 0 aliphatic carbocycles. The molecule has 0 heterocycles. The van der Waals surface area contributed by atoms with Gasteiger partial charge in [-0.25, -0.2) is 0 Å². The lowest BCUT2D eigenvalue weighted by Gasteiger charge is -2.11. The number of nitrogens with zero attached hydrogens (tertiary/aromatic N) is 1. The fraction of sp³-hybridized carbons (Fsp3) is 0.0625. The second kappa shape index (κ2) is 9.42. The van der Waals surface area contributed by atoms with E-state index in [0.29, 0.717) is 21.8 Å². The molecule has 10 heteroatoms. The predicted molar refractivity (Wildman–Crippen MR) is 102 cm³/mol. The van der Waals surface area contributed by atoms with Crippen molar-refractivity contribution in [3.63, 3.8) is 0 Å². The first-order valence-electron chi connectivity index (χ1n) is 7.46. The number of anilines is 1. The Bertz CT molecular complexity index is 827. The van der Waals surface area contributed by atoms with Crippen molar-refractivity contribution < 1.29 is 9.72 Å². The summed E-state index contributed by atoms with van der Waals surface area (Å²) >= 11 is 1.13. The van der Waals surface area contributed by atoms with E-state index >= 15 is 0 Å². The van der Waals surface area contributed by atoms with Crippen molar-refractivity contribution in [2.75, 3.05) is 11.9 Å². The lowest BCUT2D eigenvalue weighted by molar-refractivity contribution is -0.385. The van der Waals surface area contributed by atoms with Crippen LogP contribution < -0.4 is 27.0 Å². The molecule has 0 aromatic heterocycles. The van der Waals surface area contributed by atoms with Crippen LogP contribution in [0.15, 0.2) is 59.6 Å². The summed E-state index contributed by atoms with van der Waals surface area (Å²) in [5.41, 5.74) is 9.78. The number of carbonyl (C=O) groups is 1. The van der Waals surface area contributed by atoms with Crippen molar-refractivity contribution >= 4 is 34.9 Å². The van der Waals surface area contributed by atoms with Crippen LogP contribution in [0.2, 0.25) is 0 Å². The summed E-state index contributed by atoms with van der Waals surface area (Å²) in [6.07, 6.45) is 1.42. The first-order chi connectivity index (χ1) is 12.5. The number of nitro groups is 1. The molecule has 1 amide bonds. The Hall–Kier alpha value is -3.08. The van der Waals surface area contributed by atoms with E-state index in [4.69, 9.17) is 11.6 Å². The zero-order valence-corrected chi connectivity index (χ0v) is 14.5. The highest BCUT2D eigenvalue weighted by atomic mass is 32.2. The minimum atomic E-state index is -0.470. The Labute approximate surface area is 154 Å². The van der Waals surface area contributed by atoms with Crippen LogP contribution in [0.1, 0.15) is 5.56 Å². The van der Waals surface area contributed by atoms with Crippen molar-refractivity contribution in [3.8, 4) is 0 Å². The second-order valence-corrected chi connectivity index (χ2v) is 6.00. The number of benzene rings is 2. The standard InChI is InChI=1S/C16H18N6O3S/c17-14(9-19-18)13-6-1-2-7-15(13)21-16(23)10-20-26-12-5-3-4-11(8-12)22(24)25/h1-9,19-20H,10,17-18H2,(H,21,23)/b14-9-. The first-order valence-corrected chi connectivity index (χ1v) is 8.28. The number of rotatable bonds is 8. The van der Waals surface area contributed by atoms with Crippen molar-refractivity contribution in [1.29, 1.82) is 0 Å². The predicted octanol–water partition coefficient (Wildman–Crippen LogP) is 1.55. The minimum absolute atomic E-state index is 0.000447. The van der Waals surface area contributed by atoms with E-state index in [-0.39, 0.29) is 18.1 Å². The zero-order valence-electron chi connectivity index (χ0n) is 13.6. The number of non-ortho nitro benzene ring substituents is 1. The molecular formula is C16H18N6O3S. The topological polar surface area (TPSA) is 148 Å². The summed E-state index contributed by atoms with van der Waals surface area (Å²) in [5.74, 6) is 4.93. The van der Waals surface area contributed by atoms with Gasteiger partial charge in [0, 0.05) is 28.8 Å². The average Bonchev–Trinajstić information content (AvgIpc) is 2.62. The van der Waals surface area contributed by atoms with Crippen molar-refractivity contribution in [2.24, 2.45) is 11.6 Å². The lowest BCUT2D eigenvalue weighted by atomic mass is 10.1. The third kappa shape index (κ3) is 5.48. The van der Waals surface area contributed by atoms with Gasteiger partial charge in [-0.3, -0.25) is 25.5 Å². The molecule has 136 valence electrons. The fourth-order valence-electron chi connectivity index (χ4n) is 2.05. The number of carbonyl (C=O) groups excluding carboxylic acids is 1. The molecule has 2 aromatic carbocycles. The first kappa shape index (κ1) is 19.2. The number of nitrogens with one attached hydrogen (secondary N) is 3. The van der Waals surface area contributed by atoms with E-state index < -0.39 is 4.92 Å². The van der Waals surface area contributed by atoms with Gasteiger partial charge in [-0.1, -0.05) is 24.3 Å². The second-order valence-electron chi connectivity index (χ2n) is 5.04. The van der Waals surface area contributed by atoms with Gasteiger partial charge in [0.15, 0.2) is 0 Å². The van der Waals surface area contributed by atoms with Crippen LogP contribution in [0.5, 0.6) is 0 Å². The molecular weight excluding hydrogens is 356 g/mol. The molecule has 0 fully saturated rings. The van der Waals surface area contributed by atoms with E-state index in [1.54, 1.807) is 36.4 Å². The normalized spacial score (nSPS) is 11.0. The van der Waals surface area contributed by atoms with Gasteiger partial charge >= 0.3 is 0 Å². The summed E-state index contributed by atoms with van der Waals surface area (Å²) in [5, 5.41) is 13.5. The molecule has 0 bridgehead atoms. The lowest BCUT2D eigenvalue weighted by Crippen LogP contribution is -2.24. The summed E-state index contributed by atoms with van der Waals surface area (Å²) in [6, 6.07) is 13.2. The minimum Gasteiger partial charge on any atom is -0.397 e. The summed E-state index contributed by atoms with van der Waals surface area (Å²) < 4.78 is 2.87. The maximum absolute atomic E-state index is 12.1. The zero-order chi connectivity index (χ0) is 18.9. The van der Waals surface area contributed by atoms with Crippen LogP contribution in [0.25, 0.3) is 5.70 Å². The van der Waals surface area contributed by atoms with Gasteiger partial charge < -0.3 is 16.5 Å². The van der Waals surface area contributed by atoms with E-state index in [2.05, 4.69) is 15.5 Å². The molecule has 0 aliphatic heterocycles. The van der Waals surface area contributed by atoms with Gasteiger partial charge in [-0.2, -0.15) is 0 Å². The molecule has 0 unspecified atom stereocenters. The highest BCUT2D eigenvalue weighted by molar-refractivity contribution is 7.97. The Balaban J connectivity index is 1.93. The van der Waals surface area contributed by atoms with Crippen LogP contribution in [-0.4, -0.2) is 17.4 Å². The number of amides is 1. The molecule has 9 nitrogen and oxygen atoms in total. The molecule has 0 saturated carbocycles. The van der Waals surface area contributed by atoms with Crippen LogP contribution in [-0.2, 0) is 4.79 Å². The summed E-state index contributed by atoms with van der Waals surface area (Å²) in [7, 11) is 0. The summed E-state index contributed by atoms with van der Waals surface area (Å²) in [6.45, 7) is 0.000447.